The van der Waals surface area contributed by atoms with E-state index in [9.17, 15) is 18.0 Å². The van der Waals surface area contributed by atoms with Crippen molar-refractivity contribution < 1.29 is 18.0 Å². The molecule has 0 bridgehead atoms. The van der Waals surface area contributed by atoms with Crippen LogP contribution in [0.2, 0.25) is 10.0 Å². The lowest BCUT2D eigenvalue weighted by Crippen LogP contribution is -2.54. The molecule has 10 heteroatoms. The molecule has 1 aliphatic heterocycles. The minimum absolute atomic E-state index is 0.125. The van der Waals surface area contributed by atoms with Gasteiger partial charge >= 0.3 is 6.18 Å². The van der Waals surface area contributed by atoms with Crippen molar-refractivity contribution in [2.75, 3.05) is 31.1 Å². The number of amides is 1. The zero-order valence-corrected chi connectivity index (χ0v) is 18.6. The van der Waals surface area contributed by atoms with Crippen LogP contribution in [-0.2, 0) is 11.0 Å². The number of piperazine rings is 1. The fraction of sp³-hybridized carbons (Fsp3) is 0.429. The van der Waals surface area contributed by atoms with Crippen molar-refractivity contribution in [3.8, 4) is 0 Å². The lowest BCUT2D eigenvalue weighted by Gasteiger charge is -2.38. The van der Waals surface area contributed by atoms with Crippen LogP contribution in [0.15, 0.2) is 36.5 Å². The van der Waals surface area contributed by atoms with Crippen molar-refractivity contribution in [1.29, 1.82) is 0 Å². The molecule has 1 amide bonds. The van der Waals surface area contributed by atoms with Crippen LogP contribution >= 0.6 is 23.2 Å². The van der Waals surface area contributed by atoms with Gasteiger partial charge in [0.05, 0.1) is 17.6 Å². The van der Waals surface area contributed by atoms with Gasteiger partial charge in [-0.3, -0.25) is 9.69 Å². The molecule has 1 saturated heterocycles. The van der Waals surface area contributed by atoms with Crippen LogP contribution in [0.1, 0.15) is 31.0 Å². The van der Waals surface area contributed by atoms with E-state index in [-0.39, 0.29) is 18.0 Å². The lowest BCUT2D eigenvalue weighted by atomic mass is 10.1. The molecule has 0 spiro atoms. The molecule has 2 atom stereocenters. The summed E-state index contributed by atoms with van der Waals surface area (Å²) in [6, 6.07) is 6.92. The molecule has 0 saturated carbocycles. The van der Waals surface area contributed by atoms with Crippen LogP contribution in [0.25, 0.3) is 0 Å². The molecule has 168 valence electrons. The smallest absolute Gasteiger partial charge is 0.354 e. The Balaban J connectivity index is 1.54. The number of alkyl halides is 3. The zero-order chi connectivity index (χ0) is 22.8. The Morgan fingerprint density at radius 2 is 1.77 bits per heavy atom. The van der Waals surface area contributed by atoms with Gasteiger partial charge < -0.3 is 10.2 Å². The number of nitrogens with one attached hydrogen (secondary N) is 1. The Kier molecular flexibility index (Phi) is 7.34. The molecular formula is C21H23Cl2F3N4O. The van der Waals surface area contributed by atoms with E-state index < -0.39 is 11.7 Å². The molecule has 0 radical (unpaired) electrons. The monoisotopic (exact) mass is 474 g/mol. The number of aromatic nitrogens is 1. The van der Waals surface area contributed by atoms with Crippen LogP contribution in [-0.4, -0.2) is 48.0 Å². The highest BCUT2D eigenvalue weighted by molar-refractivity contribution is 6.35. The number of hydrogen-bond acceptors (Lipinski definition) is 4. The standard InChI is InChI=1S/C21H23Cl2F3N4O/c1-13(17-5-4-16(22)11-18(17)23)28-20(31)14(2)29-7-9-30(10-8-29)19-6-3-15(12-27-19)21(24,25)26/h3-6,11-14H,7-10H2,1-2H3,(H,28,31). The second kappa shape index (κ2) is 9.63. The second-order valence-electron chi connectivity index (χ2n) is 7.50. The summed E-state index contributed by atoms with van der Waals surface area (Å²) >= 11 is 12.2. The molecule has 2 aromatic rings. The Morgan fingerprint density at radius 1 is 1.10 bits per heavy atom. The summed E-state index contributed by atoms with van der Waals surface area (Å²) < 4.78 is 38.1. The third-order valence-corrected chi connectivity index (χ3v) is 5.99. The molecule has 1 fully saturated rings. The van der Waals surface area contributed by atoms with Gasteiger partial charge in [-0.05, 0) is 43.7 Å². The highest BCUT2D eigenvalue weighted by atomic mass is 35.5. The van der Waals surface area contributed by atoms with Gasteiger partial charge in [0.25, 0.3) is 0 Å². The molecule has 3 rings (SSSR count). The molecule has 2 unspecified atom stereocenters. The van der Waals surface area contributed by atoms with Crippen molar-refractivity contribution >= 4 is 34.9 Å². The summed E-state index contributed by atoms with van der Waals surface area (Å²) in [5.41, 5.74) is 0.0138. The summed E-state index contributed by atoms with van der Waals surface area (Å²) in [4.78, 5) is 20.6. The third kappa shape index (κ3) is 5.81. The number of hydrogen-bond donors (Lipinski definition) is 1. The summed E-state index contributed by atoms with van der Waals surface area (Å²) in [5, 5.41) is 4.00. The van der Waals surface area contributed by atoms with Gasteiger partial charge in [-0.15, -0.1) is 0 Å². The third-order valence-electron chi connectivity index (χ3n) is 5.43. The minimum atomic E-state index is -4.40. The van der Waals surface area contributed by atoms with Gasteiger partial charge in [-0.2, -0.15) is 13.2 Å². The molecule has 0 aliphatic carbocycles. The molecule has 1 aliphatic rings. The number of benzene rings is 1. The minimum Gasteiger partial charge on any atom is -0.354 e. The van der Waals surface area contributed by atoms with E-state index >= 15 is 0 Å². The molecular weight excluding hydrogens is 452 g/mol. The van der Waals surface area contributed by atoms with E-state index in [1.165, 1.54) is 6.07 Å². The first-order valence-corrected chi connectivity index (χ1v) is 10.6. The summed E-state index contributed by atoms with van der Waals surface area (Å²) in [6.45, 7) is 6.00. The number of halogens is 5. The van der Waals surface area contributed by atoms with Crippen LogP contribution in [0.3, 0.4) is 0 Å². The van der Waals surface area contributed by atoms with Crippen molar-refractivity contribution in [2.24, 2.45) is 0 Å². The Morgan fingerprint density at radius 3 is 2.32 bits per heavy atom. The van der Waals surface area contributed by atoms with E-state index in [1.807, 2.05) is 23.6 Å². The molecule has 1 N–H and O–H groups in total. The first-order valence-electron chi connectivity index (χ1n) is 9.84. The SMILES string of the molecule is CC(NC(=O)C(C)N1CCN(c2ccc(C(F)(F)F)cn2)CC1)c1ccc(Cl)cc1Cl. The maximum atomic E-state index is 12.7. The molecule has 1 aromatic heterocycles. The van der Waals surface area contributed by atoms with Gasteiger partial charge in [0, 0.05) is 42.4 Å². The fourth-order valence-corrected chi connectivity index (χ4v) is 4.08. The first kappa shape index (κ1) is 23.6. The normalized spacial score (nSPS) is 17.3. The van der Waals surface area contributed by atoms with Gasteiger partial charge in [-0.25, -0.2) is 4.98 Å². The highest BCUT2D eigenvalue weighted by Gasteiger charge is 2.31. The zero-order valence-electron chi connectivity index (χ0n) is 17.1. The number of nitrogens with zero attached hydrogens (tertiary/aromatic N) is 3. The van der Waals surface area contributed by atoms with E-state index in [2.05, 4.69) is 10.3 Å². The topological polar surface area (TPSA) is 48.5 Å². The van der Waals surface area contributed by atoms with Gasteiger partial charge in [0.15, 0.2) is 0 Å². The maximum absolute atomic E-state index is 12.7. The molecule has 31 heavy (non-hydrogen) atoms. The van der Waals surface area contributed by atoms with Crippen LogP contribution in [0, 0.1) is 0 Å². The van der Waals surface area contributed by atoms with Gasteiger partial charge in [-0.1, -0.05) is 29.3 Å². The van der Waals surface area contributed by atoms with Gasteiger partial charge in [0.1, 0.15) is 5.82 Å². The fourth-order valence-electron chi connectivity index (χ4n) is 3.51. The molecule has 5 nitrogen and oxygen atoms in total. The summed E-state index contributed by atoms with van der Waals surface area (Å²) in [6.07, 6.45) is -3.55. The van der Waals surface area contributed by atoms with Crippen molar-refractivity contribution in [3.05, 3.63) is 57.7 Å². The van der Waals surface area contributed by atoms with Gasteiger partial charge in [0.2, 0.25) is 5.91 Å². The Hall–Kier alpha value is -2.03. The largest absolute Gasteiger partial charge is 0.417 e. The number of rotatable bonds is 5. The van der Waals surface area contributed by atoms with E-state index in [0.29, 0.717) is 42.0 Å². The van der Waals surface area contributed by atoms with Crippen LogP contribution < -0.4 is 10.2 Å². The number of pyridine rings is 1. The Bertz CT molecular complexity index is 916. The number of anilines is 1. The second-order valence-corrected chi connectivity index (χ2v) is 8.34. The first-order chi connectivity index (χ1) is 14.6. The van der Waals surface area contributed by atoms with E-state index in [0.717, 1.165) is 17.8 Å². The van der Waals surface area contributed by atoms with E-state index in [4.69, 9.17) is 23.2 Å². The van der Waals surface area contributed by atoms with Crippen LogP contribution in [0.5, 0.6) is 0 Å². The van der Waals surface area contributed by atoms with Crippen molar-refractivity contribution in [3.63, 3.8) is 0 Å². The lowest BCUT2D eigenvalue weighted by molar-refractivity contribution is -0.137. The Labute approximate surface area is 189 Å². The average Bonchev–Trinajstić information content (AvgIpc) is 2.72. The summed E-state index contributed by atoms with van der Waals surface area (Å²) in [7, 11) is 0. The van der Waals surface area contributed by atoms with E-state index in [1.54, 1.807) is 18.2 Å². The molecule has 2 heterocycles. The predicted octanol–water partition coefficient (Wildman–Crippen LogP) is 4.80. The summed E-state index contributed by atoms with van der Waals surface area (Å²) in [5.74, 6) is 0.371. The predicted molar refractivity (Wildman–Crippen MR) is 116 cm³/mol. The average molecular weight is 475 g/mol. The number of carbonyl (C=O) groups excluding carboxylic acids is 1. The number of carbonyl (C=O) groups is 1. The van der Waals surface area contributed by atoms with Crippen LogP contribution in [0.4, 0.5) is 19.0 Å². The highest BCUT2D eigenvalue weighted by Crippen LogP contribution is 2.30. The van der Waals surface area contributed by atoms with Crippen molar-refractivity contribution in [2.45, 2.75) is 32.1 Å². The maximum Gasteiger partial charge on any atom is 0.417 e. The van der Waals surface area contributed by atoms with Crippen molar-refractivity contribution in [1.82, 2.24) is 15.2 Å². The molecule has 1 aromatic carbocycles. The quantitative estimate of drug-likeness (QED) is 0.676.